The second kappa shape index (κ2) is 9.86. The van der Waals surface area contributed by atoms with Gasteiger partial charge in [-0.15, -0.1) is 0 Å². The van der Waals surface area contributed by atoms with Crippen LogP contribution < -0.4 is 15.4 Å². The highest BCUT2D eigenvalue weighted by atomic mass is 16.5. The molecule has 1 aromatic carbocycles. The third-order valence-corrected chi connectivity index (χ3v) is 3.08. The number of nitrogens with zero attached hydrogens (tertiary/aromatic N) is 1. The van der Waals surface area contributed by atoms with Crippen LogP contribution in [0.3, 0.4) is 0 Å². The average Bonchev–Trinajstić information content (AvgIpc) is 2.51. The molecule has 0 aliphatic rings. The van der Waals surface area contributed by atoms with Gasteiger partial charge in [-0.1, -0.05) is 37.8 Å². The van der Waals surface area contributed by atoms with Gasteiger partial charge in [0.05, 0.1) is 6.54 Å². The third kappa shape index (κ3) is 6.34. The minimum Gasteiger partial charge on any atom is -0.489 e. The first-order valence-corrected chi connectivity index (χ1v) is 7.57. The van der Waals surface area contributed by atoms with Crippen molar-refractivity contribution in [2.75, 3.05) is 13.2 Å². The van der Waals surface area contributed by atoms with Crippen LogP contribution in [0.4, 0.5) is 0 Å². The average molecular weight is 289 g/mol. The number of hydrogen-bond acceptors (Lipinski definition) is 2. The molecule has 0 heterocycles. The largest absolute Gasteiger partial charge is 0.489 e. The molecule has 1 rings (SSSR count). The normalized spacial score (nSPS) is 12.6. The highest BCUT2D eigenvalue weighted by Crippen LogP contribution is 2.18. The van der Waals surface area contributed by atoms with Crippen LogP contribution in [-0.2, 0) is 6.54 Å². The van der Waals surface area contributed by atoms with E-state index >= 15 is 0 Å². The quantitative estimate of drug-likeness (QED) is 0.439. The first-order valence-electron chi connectivity index (χ1n) is 7.57. The molecule has 0 saturated carbocycles. The lowest BCUT2D eigenvalue weighted by molar-refractivity contribution is 0.359. The van der Waals surface area contributed by atoms with Crippen molar-refractivity contribution in [2.24, 2.45) is 4.99 Å². The number of rotatable bonds is 8. The Morgan fingerprint density at radius 2 is 2.14 bits per heavy atom. The first-order chi connectivity index (χ1) is 10.2. The number of nitrogens with one attached hydrogen (secondary N) is 2. The number of para-hydroxylation sites is 1. The van der Waals surface area contributed by atoms with Crippen LogP contribution in [0.5, 0.6) is 5.75 Å². The maximum atomic E-state index is 5.65. The molecular formula is C17H27N3O. The van der Waals surface area contributed by atoms with E-state index in [1.54, 1.807) is 6.08 Å². The predicted octanol–water partition coefficient (Wildman–Crippen LogP) is 3.11. The monoisotopic (exact) mass is 289 g/mol. The van der Waals surface area contributed by atoms with Gasteiger partial charge in [0, 0.05) is 18.2 Å². The Kier molecular flexibility index (Phi) is 8.02. The third-order valence-electron chi connectivity index (χ3n) is 3.08. The summed E-state index contributed by atoms with van der Waals surface area (Å²) in [6.45, 7) is 12.0. The van der Waals surface area contributed by atoms with Crippen molar-refractivity contribution in [1.82, 2.24) is 10.6 Å². The van der Waals surface area contributed by atoms with E-state index in [1.807, 2.05) is 24.3 Å². The van der Waals surface area contributed by atoms with E-state index in [2.05, 4.69) is 43.0 Å². The topological polar surface area (TPSA) is 45.6 Å². The number of hydrogen-bond donors (Lipinski definition) is 2. The van der Waals surface area contributed by atoms with Gasteiger partial charge in [-0.05, 0) is 26.3 Å². The van der Waals surface area contributed by atoms with E-state index in [1.165, 1.54) is 0 Å². The molecule has 116 valence electrons. The minimum atomic E-state index is 0.398. The summed E-state index contributed by atoms with van der Waals surface area (Å²) in [5.74, 6) is 1.70. The zero-order valence-electron chi connectivity index (χ0n) is 13.4. The first kappa shape index (κ1) is 17.1. The summed E-state index contributed by atoms with van der Waals surface area (Å²) in [5.41, 5.74) is 1.07. The molecule has 0 bridgehead atoms. The molecule has 0 radical (unpaired) electrons. The molecule has 2 N–H and O–H groups in total. The van der Waals surface area contributed by atoms with E-state index in [-0.39, 0.29) is 0 Å². The molecule has 21 heavy (non-hydrogen) atoms. The van der Waals surface area contributed by atoms with Gasteiger partial charge in [0.15, 0.2) is 5.96 Å². The maximum Gasteiger partial charge on any atom is 0.191 e. The van der Waals surface area contributed by atoms with Crippen LogP contribution in [0.1, 0.15) is 32.8 Å². The summed E-state index contributed by atoms with van der Waals surface area (Å²) in [5, 5.41) is 6.64. The van der Waals surface area contributed by atoms with Gasteiger partial charge < -0.3 is 15.4 Å². The lowest BCUT2D eigenvalue weighted by atomic mass is 10.2. The summed E-state index contributed by atoms with van der Waals surface area (Å²) in [7, 11) is 0. The van der Waals surface area contributed by atoms with Crippen molar-refractivity contribution in [3.63, 3.8) is 0 Å². The number of guanidine groups is 1. The molecule has 0 aromatic heterocycles. The Morgan fingerprint density at radius 3 is 2.81 bits per heavy atom. The summed E-state index contributed by atoms with van der Waals surface area (Å²) in [4.78, 5) is 4.63. The Balaban J connectivity index is 2.76. The van der Waals surface area contributed by atoms with Crippen molar-refractivity contribution < 1.29 is 4.74 Å². The van der Waals surface area contributed by atoms with E-state index in [0.29, 0.717) is 19.2 Å². The summed E-state index contributed by atoms with van der Waals surface area (Å²) in [6.07, 6.45) is 2.80. The number of aliphatic imine (C=N–C) groups is 1. The van der Waals surface area contributed by atoms with Crippen molar-refractivity contribution in [1.29, 1.82) is 0 Å². The van der Waals surface area contributed by atoms with Crippen molar-refractivity contribution >= 4 is 5.96 Å². The van der Waals surface area contributed by atoms with Crippen molar-refractivity contribution in [3.05, 3.63) is 42.5 Å². The van der Waals surface area contributed by atoms with E-state index in [4.69, 9.17) is 4.74 Å². The second-order valence-electron chi connectivity index (χ2n) is 4.86. The van der Waals surface area contributed by atoms with Gasteiger partial charge in [0.1, 0.15) is 12.4 Å². The van der Waals surface area contributed by atoms with E-state index in [0.717, 1.165) is 30.2 Å². The molecule has 0 fully saturated rings. The van der Waals surface area contributed by atoms with Crippen molar-refractivity contribution in [2.45, 2.75) is 39.8 Å². The van der Waals surface area contributed by atoms with Crippen LogP contribution in [-0.4, -0.2) is 25.2 Å². The van der Waals surface area contributed by atoms with Crippen LogP contribution in [0.25, 0.3) is 0 Å². The molecule has 4 nitrogen and oxygen atoms in total. The smallest absolute Gasteiger partial charge is 0.191 e. The standard InChI is InChI=1S/C17H27N3O/c1-5-12-21-16-11-9-8-10-15(16)13-19-17(18-7-3)20-14(4)6-2/h5,8-11,14H,1,6-7,12-13H2,2-4H3,(H2,18,19,20). The van der Waals surface area contributed by atoms with Gasteiger partial charge in [-0.3, -0.25) is 0 Å². The fraction of sp³-hybridized carbons (Fsp3) is 0.471. The summed E-state index contributed by atoms with van der Waals surface area (Å²) < 4.78 is 5.65. The number of ether oxygens (including phenoxy) is 1. The van der Waals surface area contributed by atoms with Crippen LogP contribution in [0.2, 0.25) is 0 Å². The highest BCUT2D eigenvalue weighted by Gasteiger charge is 2.05. The molecule has 0 aliphatic carbocycles. The maximum absolute atomic E-state index is 5.65. The molecule has 0 spiro atoms. The summed E-state index contributed by atoms with van der Waals surface area (Å²) >= 11 is 0. The fourth-order valence-electron chi connectivity index (χ4n) is 1.74. The van der Waals surface area contributed by atoms with Crippen LogP contribution in [0, 0.1) is 0 Å². The van der Waals surface area contributed by atoms with E-state index in [9.17, 15) is 0 Å². The van der Waals surface area contributed by atoms with Crippen LogP contribution in [0.15, 0.2) is 41.9 Å². The molecule has 0 amide bonds. The SMILES string of the molecule is C=CCOc1ccccc1CN=C(NCC)NC(C)CC. The zero-order chi connectivity index (χ0) is 15.5. The van der Waals surface area contributed by atoms with Gasteiger partial charge >= 0.3 is 0 Å². The lowest BCUT2D eigenvalue weighted by Crippen LogP contribution is -2.41. The Labute approximate surface area is 128 Å². The Bertz CT molecular complexity index is 457. The molecule has 1 unspecified atom stereocenters. The molecule has 0 saturated heterocycles. The van der Waals surface area contributed by atoms with E-state index < -0.39 is 0 Å². The molecule has 0 aliphatic heterocycles. The minimum absolute atomic E-state index is 0.398. The van der Waals surface area contributed by atoms with Gasteiger partial charge in [0.25, 0.3) is 0 Å². The Morgan fingerprint density at radius 1 is 1.38 bits per heavy atom. The predicted molar refractivity (Wildman–Crippen MR) is 89.8 cm³/mol. The zero-order valence-corrected chi connectivity index (χ0v) is 13.4. The molecule has 1 aromatic rings. The number of benzene rings is 1. The van der Waals surface area contributed by atoms with Gasteiger partial charge in [-0.2, -0.15) is 0 Å². The van der Waals surface area contributed by atoms with Crippen molar-refractivity contribution in [3.8, 4) is 5.75 Å². The van der Waals surface area contributed by atoms with Gasteiger partial charge in [-0.25, -0.2) is 4.99 Å². The second-order valence-corrected chi connectivity index (χ2v) is 4.86. The lowest BCUT2D eigenvalue weighted by Gasteiger charge is -2.16. The fourth-order valence-corrected chi connectivity index (χ4v) is 1.74. The molecule has 1 atom stereocenters. The highest BCUT2D eigenvalue weighted by molar-refractivity contribution is 5.80. The van der Waals surface area contributed by atoms with Gasteiger partial charge in [0.2, 0.25) is 0 Å². The molecule has 4 heteroatoms. The summed E-state index contributed by atoms with van der Waals surface area (Å²) in [6, 6.07) is 8.36. The Hall–Kier alpha value is -1.97. The molecular weight excluding hydrogens is 262 g/mol. The van der Waals surface area contributed by atoms with Crippen LogP contribution >= 0.6 is 0 Å².